The van der Waals surface area contributed by atoms with Crippen LogP contribution < -0.4 is 0 Å². The molecule has 0 aliphatic carbocycles. The molecular weight excluding hydrogens is 202 g/mol. The summed E-state index contributed by atoms with van der Waals surface area (Å²) >= 11 is 0. The number of amides is 1. The maximum Gasteiger partial charge on any atom is 0.228 e. The first-order valence-corrected chi connectivity index (χ1v) is 5.76. The van der Waals surface area contributed by atoms with Crippen LogP contribution >= 0.6 is 0 Å². The smallest absolute Gasteiger partial charge is 0.228 e. The van der Waals surface area contributed by atoms with Gasteiger partial charge in [0.2, 0.25) is 5.91 Å². The van der Waals surface area contributed by atoms with E-state index in [1.54, 1.807) is 0 Å². The summed E-state index contributed by atoms with van der Waals surface area (Å²) in [5.41, 5.74) is 1.08. The van der Waals surface area contributed by atoms with Crippen LogP contribution in [0.2, 0.25) is 0 Å². The Morgan fingerprint density at radius 3 is 2.81 bits per heavy atom. The van der Waals surface area contributed by atoms with Crippen molar-refractivity contribution in [2.24, 2.45) is 5.92 Å². The van der Waals surface area contributed by atoms with Gasteiger partial charge in [-0.05, 0) is 6.42 Å². The minimum Gasteiger partial charge on any atom is -0.352 e. The molecule has 0 N–H and O–H groups in total. The van der Waals surface area contributed by atoms with Gasteiger partial charge in [0.05, 0.1) is 12.6 Å². The first kappa shape index (κ1) is 9.85. The molecule has 0 radical (unpaired) electrons. The van der Waals surface area contributed by atoms with Crippen LogP contribution in [0.5, 0.6) is 0 Å². The zero-order valence-electron chi connectivity index (χ0n) is 9.30. The van der Waals surface area contributed by atoms with E-state index >= 15 is 0 Å². The molecule has 3 heteroatoms. The third-order valence-corrected chi connectivity index (χ3v) is 3.48. The number of carbonyl (C=O) groups excluding carboxylic acids is 1. The number of nitrogens with zero attached hydrogens (tertiary/aromatic N) is 1. The highest BCUT2D eigenvalue weighted by Gasteiger charge is 2.46. The van der Waals surface area contributed by atoms with Gasteiger partial charge in [0.1, 0.15) is 0 Å². The highest BCUT2D eigenvalue weighted by atomic mass is 16.5. The van der Waals surface area contributed by atoms with Crippen molar-refractivity contribution < 1.29 is 9.53 Å². The van der Waals surface area contributed by atoms with Gasteiger partial charge in [-0.1, -0.05) is 37.3 Å². The van der Waals surface area contributed by atoms with Crippen LogP contribution in [0.1, 0.15) is 25.1 Å². The molecule has 0 spiro atoms. The maximum atomic E-state index is 12.0. The van der Waals surface area contributed by atoms with Crippen molar-refractivity contribution in [1.29, 1.82) is 0 Å². The van der Waals surface area contributed by atoms with E-state index in [9.17, 15) is 4.79 Å². The average molecular weight is 217 g/mol. The van der Waals surface area contributed by atoms with Crippen molar-refractivity contribution in [3.05, 3.63) is 35.9 Å². The first-order chi connectivity index (χ1) is 7.77. The van der Waals surface area contributed by atoms with Crippen LogP contribution in [0, 0.1) is 5.92 Å². The van der Waals surface area contributed by atoms with Crippen LogP contribution in [0.4, 0.5) is 0 Å². The van der Waals surface area contributed by atoms with E-state index < -0.39 is 0 Å². The van der Waals surface area contributed by atoms with Crippen LogP contribution in [0.15, 0.2) is 30.3 Å². The molecule has 2 saturated heterocycles. The van der Waals surface area contributed by atoms with Gasteiger partial charge in [0.25, 0.3) is 0 Å². The predicted molar refractivity (Wildman–Crippen MR) is 59.6 cm³/mol. The fourth-order valence-corrected chi connectivity index (χ4v) is 2.67. The van der Waals surface area contributed by atoms with Gasteiger partial charge in [-0.3, -0.25) is 4.79 Å². The molecule has 3 rings (SSSR count). The van der Waals surface area contributed by atoms with Gasteiger partial charge in [-0.2, -0.15) is 0 Å². The second-order valence-electron chi connectivity index (χ2n) is 4.63. The average Bonchev–Trinajstić information content (AvgIpc) is 2.83. The first-order valence-electron chi connectivity index (χ1n) is 5.76. The van der Waals surface area contributed by atoms with Crippen molar-refractivity contribution in [3.63, 3.8) is 0 Å². The molecule has 0 unspecified atom stereocenters. The van der Waals surface area contributed by atoms with E-state index in [1.165, 1.54) is 0 Å². The number of hydrogen-bond acceptors (Lipinski definition) is 2. The Morgan fingerprint density at radius 2 is 2.06 bits per heavy atom. The molecule has 0 bridgehead atoms. The Bertz CT molecular complexity index is 404. The van der Waals surface area contributed by atoms with Gasteiger partial charge in [-0.15, -0.1) is 0 Å². The summed E-state index contributed by atoms with van der Waals surface area (Å²) in [6.07, 6.45) is 0.769. The van der Waals surface area contributed by atoms with E-state index in [0.717, 1.165) is 12.0 Å². The van der Waals surface area contributed by atoms with Crippen molar-refractivity contribution in [2.75, 3.05) is 6.61 Å². The number of rotatable bonds is 1. The Hall–Kier alpha value is -1.35. The molecule has 1 aromatic carbocycles. The summed E-state index contributed by atoms with van der Waals surface area (Å²) in [4.78, 5) is 13.9. The van der Waals surface area contributed by atoms with E-state index in [-0.39, 0.29) is 24.1 Å². The number of ether oxygens (including phenoxy) is 1. The fraction of sp³-hybridized carbons (Fsp3) is 0.462. The normalized spacial score (nSPS) is 33.2. The molecular formula is C13H15NO2. The fourth-order valence-electron chi connectivity index (χ4n) is 2.67. The van der Waals surface area contributed by atoms with E-state index in [1.807, 2.05) is 42.2 Å². The SMILES string of the molecule is C[C@@H]1C[C@H]2CO[C@H](c3ccccc3)N2C1=O. The van der Waals surface area contributed by atoms with Gasteiger partial charge < -0.3 is 9.64 Å². The summed E-state index contributed by atoms with van der Waals surface area (Å²) < 4.78 is 5.73. The molecule has 2 fully saturated rings. The monoisotopic (exact) mass is 217 g/mol. The lowest BCUT2D eigenvalue weighted by atomic mass is 10.1. The lowest BCUT2D eigenvalue weighted by Gasteiger charge is -2.22. The summed E-state index contributed by atoms with van der Waals surface area (Å²) in [6, 6.07) is 10.3. The van der Waals surface area contributed by atoms with E-state index in [0.29, 0.717) is 6.61 Å². The molecule has 3 nitrogen and oxygen atoms in total. The van der Waals surface area contributed by atoms with Crippen molar-refractivity contribution in [1.82, 2.24) is 4.90 Å². The molecule has 16 heavy (non-hydrogen) atoms. The predicted octanol–water partition coefficient (Wildman–Crippen LogP) is 1.95. The quantitative estimate of drug-likeness (QED) is 0.719. The van der Waals surface area contributed by atoms with E-state index in [2.05, 4.69) is 0 Å². The highest BCUT2D eigenvalue weighted by molar-refractivity contribution is 5.81. The van der Waals surface area contributed by atoms with Crippen LogP contribution in [0.3, 0.4) is 0 Å². The van der Waals surface area contributed by atoms with Gasteiger partial charge >= 0.3 is 0 Å². The lowest BCUT2D eigenvalue weighted by molar-refractivity contribution is -0.136. The summed E-state index contributed by atoms with van der Waals surface area (Å²) in [6.45, 7) is 2.68. The summed E-state index contributed by atoms with van der Waals surface area (Å²) in [5.74, 6) is 0.386. The zero-order chi connectivity index (χ0) is 11.1. The molecule has 84 valence electrons. The third-order valence-electron chi connectivity index (χ3n) is 3.48. The van der Waals surface area contributed by atoms with Gasteiger partial charge in [-0.25, -0.2) is 0 Å². The minimum atomic E-state index is -0.163. The number of hydrogen-bond donors (Lipinski definition) is 0. The second kappa shape index (κ2) is 3.59. The highest BCUT2D eigenvalue weighted by Crippen LogP contribution is 2.39. The molecule has 2 heterocycles. The molecule has 1 aromatic rings. The van der Waals surface area contributed by atoms with Crippen molar-refractivity contribution in [3.8, 4) is 0 Å². The van der Waals surface area contributed by atoms with Gasteiger partial charge in [0.15, 0.2) is 6.23 Å². The maximum absolute atomic E-state index is 12.0. The number of fused-ring (bicyclic) bond motifs is 1. The van der Waals surface area contributed by atoms with Crippen LogP contribution in [-0.2, 0) is 9.53 Å². The van der Waals surface area contributed by atoms with Crippen LogP contribution in [0.25, 0.3) is 0 Å². The van der Waals surface area contributed by atoms with Gasteiger partial charge in [0, 0.05) is 11.5 Å². The summed E-state index contributed by atoms with van der Waals surface area (Å²) in [7, 11) is 0. The molecule has 0 aromatic heterocycles. The van der Waals surface area contributed by atoms with Crippen molar-refractivity contribution in [2.45, 2.75) is 25.6 Å². The molecule has 2 aliphatic heterocycles. The topological polar surface area (TPSA) is 29.5 Å². The largest absolute Gasteiger partial charge is 0.352 e. The standard InChI is InChI=1S/C13H15NO2/c1-9-7-11-8-16-13(14(11)12(9)15)10-5-3-2-4-6-10/h2-6,9,11,13H,7-8H2,1H3/t9-,11+,13-/m1/s1. The molecule has 3 atom stereocenters. The summed E-state index contributed by atoms with van der Waals surface area (Å²) in [5, 5.41) is 0. The Morgan fingerprint density at radius 1 is 1.31 bits per heavy atom. The second-order valence-corrected chi connectivity index (χ2v) is 4.63. The Labute approximate surface area is 95.0 Å². The lowest BCUT2D eigenvalue weighted by Crippen LogP contribution is -2.31. The number of benzene rings is 1. The minimum absolute atomic E-state index is 0.153. The zero-order valence-corrected chi connectivity index (χ0v) is 9.30. The third kappa shape index (κ3) is 1.35. The number of carbonyl (C=O) groups is 1. The van der Waals surface area contributed by atoms with E-state index in [4.69, 9.17) is 4.74 Å². The van der Waals surface area contributed by atoms with Crippen LogP contribution in [-0.4, -0.2) is 23.5 Å². The Balaban J connectivity index is 1.91. The Kier molecular flexibility index (Phi) is 2.21. The molecule has 1 amide bonds. The van der Waals surface area contributed by atoms with Crippen molar-refractivity contribution >= 4 is 5.91 Å². The molecule has 2 aliphatic rings. The molecule has 0 saturated carbocycles.